The van der Waals surface area contributed by atoms with E-state index in [1.807, 2.05) is 61.7 Å². The number of hydrogen-bond donors (Lipinski definition) is 2. The number of anilines is 1. The first kappa shape index (κ1) is 40.1. The van der Waals surface area contributed by atoms with Crippen LogP contribution in [0.15, 0.2) is 66.9 Å². The maximum atomic E-state index is 12.1. The van der Waals surface area contributed by atoms with Crippen molar-refractivity contribution in [2.45, 2.75) is 46.7 Å². The summed E-state index contributed by atoms with van der Waals surface area (Å²) in [6, 6.07) is 19.2. The molecule has 0 aliphatic rings. The largest absolute Gasteiger partial charge is 0.468 e. The van der Waals surface area contributed by atoms with E-state index in [-0.39, 0.29) is 39.6 Å². The quantitative estimate of drug-likeness (QED) is 0.0586. The highest BCUT2D eigenvalue weighted by atomic mass is 16.6. The number of nitrogens with zero attached hydrogens (tertiary/aromatic N) is 6. The molecule has 1 aromatic carbocycles. The highest BCUT2D eigenvalue weighted by Crippen LogP contribution is 2.25. The summed E-state index contributed by atoms with van der Waals surface area (Å²) in [5, 5.41) is 4.95. The molecule has 16 heteroatoms. The van der Waals surface area contributed by atoms with Gasteiger partial charge in [-0.05, 0) is 54.8 Å². The third-order valence-electron chi connectivity index (χ3n) is 7.75. The van der Waals surface area contributed by atoms with Gasteiger partial charge in [-0.2, -0.15) is 5.10 Å². The summed E-state index contributed by atoms with van der Waals surface area (Å²) in [5.74, 6) is -1.38. The van der Waals surface area contributed by atoms with Crippen LogP contribution in [0.3, 0.4) is 0 Å². The van der Waals surface area contributed by atoms with Crippen LogP contribution >= 0.6 is 0 Å². The van der Waals surface area contributed by atoms with E-state index in [2.05, 4.69) is 23.0 Å². The van der Waals surface area contributed by atoms with E-state index in [0.29, 0.717) is 35.0 Å². The van der Waals surface area contributed by atoms with Crippen LogP contribution in [-0.4, -0.2) is 101 Å². The van der Waals surface area contributed by atoms with Gasteiger partial charge in [0.25, 0.3) is 0 Å². The first-order chi connectivity index (χ1) is 25.6. The average molecular weight is 731 g/mol. The zero-order chi connectivity index (χ0) is 38.2. The molecular formula is C37H46N8O8. The molecule has 53 heavy (non-hydrogen) atoms. The molecule has 4 aromatic rings. The van der Waals surface area contributed by atoms with E-state index in [1.165, 1.54) is 28.1 Å². The molecule has 0 saturated heterocycles. The van der Waals surface area contributed by atoms with E-state index in [0.717, 1.165) is 29.8 Å². The highest BCUT2D eigenvalue weighted by Gasteiger charge is 2.19. The minimum Gasteiger partial charge on any atom is -0.468 e. The third-order valence-corrected chi connectivity index (χ3v) is 7.75. The lowest BCUT2D eigenvalue weighted by Crippen LogP contribution is -2.35. The fourth-order valence-corrected chi connectivity index (χ4v) is 5.15. The first-order valence-electron chi connectivity index (χ1n) is 17.0. The summed E-state index contributed by atoms with van der Waals surface area (Å²) in [7, 11) is 2.58. The Kier molecular flexibility index (Phi) is 15.4. The van der Waals surface area contributed by atoms with Crippen molar-refractivity contribution in [1.29, 1.82) is 0 Å². The molecule has 0 amide bonds. The molecular weight excluding hydrogens is 684 g/mol. The van der Waals surface area contributed by atoms with Crippen molar-refractivity contribution < 1.29 is 38.1 Å². The second-order valence-electron chi connectivity index (χ2n) is 12.0. The lowest BCUT2D eigenvalue weighted by Gasteiger charge is -2.20. The molecule has 0 spiro atoms. The number of hydrazine groups is 1. The Morgan fingerprint density at radius 1 is 0.755 bits per heavy atom. The van der Waals surface area contributed by atoms with Crippen molar-refractivity contribution in [3.05, 3.63) is 89.4 Å². The number of hydrogen-bond acceptors (Lipinski definition) is 15. The summed E-state index contributed by atoms with van der Waals surface area (Å²) < 4.78 is 21.6. The van der Waals surface area contributed by atoms with Crippen LogP contribution in [0, 0.1) is 0 Å². The number of benzene rings is 1. The Labute approximate surface area is 308 Å². The standard InChI is InChI=1S/C37H46N8O8/c1-6-38-41-30-17-14-28(15-18-30)13-16-29-19-45(34-12-8-10-32(40-34)21-44(24-52-26(2)46)25-53-27(3)47)42-37(29)33-11-7-9-31(39-33)20-43(22-35(48)50-4)23-36(49)51-5/h7-12,14-15,17-19,38,41H,6,13,16,20-25H2,1-5H3. The van der Waals surface area contributed by atoms with Crippen molar-refractivity contribution in [1.82, 2.24) is 35.0 Å². The van der Waals surface area contributed by atoms with Gasteiger partial charge in [-0.1, -0.05) is 31.2 Å². The van der Waals surface area contributed by atoms with Gasteiger partial charge in [-0.25, -0.2) is 25.0 Å². The van der Waals surface area contributed by atoms with Gasteiger partial charge in [-0.15, -0.1) is 0 Å². The van der Waals surface area contributed by atoms with Crippen LogP contribution < -0.4 is 10.9 Å². The van der Waals surface area contributed by atoms with Gasteiger partial charge >= 0.3 is 23.9 Å². The molecule has 3 aromatic heterocycles. The summed E-state index contributed by atoms with van der Waals surface area (Å²) in [4.78, 5) is 60.1. The Bertz CT molecular complexity index is 1800. The van der Waals surface area contributed by atoms with Gasteiger partial charge in [0.15, 0.2) is 5.82 Å². The number of esters is 4. The van der Waals surface area contributed by atoms with Crippen molar-refractivity contribution in [2.24, 2.45) is 0 Å². The number of ether oxygens (including phenoxy) is 4. The predicted octanol–water partition coefficient (Wildman–Crippen LogP) is 3.04. The average Bonchev–Trinajstić information content (AvgIpc) is 3.59. The zero-order valence-corrected chi connectivity index (χ0v) is 30.7. The summed E-state index contributed by atoms with van der Waals surface area (Å²) in [5.41, 5.74) is 11.7. The molecule has 0 unspecified atom stereocenters. The van der Waals surface area contributed by atoms with Gasteiger partial charge in [0.1, 0.15) is 19.2 Å². The van der Waals surface area contributed by atoms with Gasteiger partial charge in [0, 0.05) is 50.9 Å². The molecule has 4 rings (SSSR count). The SMILES string of the molecule is CCNNc1ccc(CCc2cn(-c3cccc(CN(COC(C)=O)COC(C)=O)n3)nc2-c2cccc(CN(CC(=O)OC)CC(=O)OC)n2)cc1. The molecule has 0 atom stereocenters. The number of aromatic nitrogens is 4. The van der Waals surface area contributed by atoms with Crippen LogP contribution in [0.5, 0.6) is 0 Å². The normalized spacial score (nSPS) is 11.0. The van der Waals surface area contributed by atoms with Crippen LogP contribution in [0.1, 0.15) is 43.3 Å². The molecule has 2 N–H and O–H groups in total. The number of carbonyl (C=O) groups excluding carboxylic acids is 4. The maximum Gasteiger partial charge on any atom is 0.319 e. The van der Waals surface area contributed by atoms with Gasteiger partial charge in [-0.3, -0.25) is 24.1 Å². The van der Waals surface area contributed by atoms with E-state index in [9.17, 15) is 19.2 Å². The third kappa shape index (κ3) is 13.1. The molecule has 0 saturated carbocycles. The number of nitrogens with one attached hydrogen (secondary N) is 2. The number of rotatable bonds is 20. The maximum absolute atomic E-state index is 12.1. The van der Waals surface area contributed by atoms with Crippen LogP contribution in [-0.2, 0) is 64.1 Å². The minimum absolute atomic E-state index is 0.0879. The predicted molar refractivity (Wildman–Crippen MR) is 194 cm³/mol. The van der Waals surface area contributed by atoms with Gasteiger partial charge in [0.05, 0.1) is 44.4 Å². The Balaban J connectivity index is 1.65. The van der Waals surface area contributed by atoms with E-state index in [4.69, 9.17) is 34.0 Å². The highest BCUT2D eigenvalue weighted by molar-refractivity contribution is 5.75. The van der Waals surface area contributed by atoms with Crippen LogP contribution in [0.2, 0.25) is 0 Å². The molecule has 0 aliphatic carbocycles. The van der Waals surface area contributed by atoms with Crippen molar-refractivity contribution in [3.63, 3.8) is 0 Å². The Hall–Kier alpha value is -5.71. The number of aryl methyl sites for hydroxylation is 2. The van der Waals surface area contributed by atoms with Crippen molar-refractivity contribution in [3.8, 4) is 17.2 Å². The first-order valence-corrected chi connectivity index (χ1v) is 17.0. The Morgan fingerprint density at radius 2 is 1.36 bits per heavy atom. The lowest BCUT2D eigenvalue weighted by atomic mass is 10.0. The topological polar surface area (TPSA) is 179 Å². The summed E-state index contributed by atoms with van der Waals surface area (Å²) in [6.45, 7) is 5.40. The molecule has 0 bridgehead atoms. The smallest absolute Gasteiger partial charge is 0.319 e. The van der Waals surface area contributed by atoms with Crippen molar-refractivity contribution >= 4 is 29.6 Å². The number of carbonyl (C=O) groups is 4. The summed E-state index contributed by atoms with van der Waals surface area (Å²) >= 11 is 0. The zero-order valence-electron chi connectivity index (χ0n) is 30.7. The van der Waals surface area contributed by atoms with Gasteiger partial charge < -0.3 is 24.4 Å². The van der Waals surface area contributed by atoms with E-state index >= 15 is 0 Å². The second kappa shape index (κ2) is 20.4. The second-order valence-corrected chi connectivity index (χ2v) is 12.0. The Morgan fingerprint density at radius 3 is 1.96 bits per heavy atom. The summed E-state index contributed by atoms with van der Waals surface area (Å²) in [6.07, 6.45) is 3.28. The van der Waals surface area contributed by atoms with E-state index in [1.54, 1.807) is 14.5 Å². The molecule has 0 fully saturated rings. The monoisotopic (exact) mass is 730 g/mol. The van der Waals surface area contributed by atoms with Crippen LogP contribution in [0.4, 0.5) is 5.69 Å². The minimum atomic E-state index is -0.493. The van der Waals surface area contributed by atoms with E-state index < -0.39 is 23.9 Å². The molecule has 282 valence electrons. The fraction of sp³-hybridized carbons (Fsp3) is 0.378. The number of pyridine rings is 2. The van der Waals surface area contributed by atoms with Gasteiger partial charge in [0.2, 0.25) is 0 Å². The molecule has 3 heterocycles. The fourth-order valence-electron chi connectivity index (χ4n) is 5.15. The van der Waals surface area contributed by atoms with Crippen LogP contribution in [0.25, 0.3) is 17.2 Å². The molecule has 0 radical (unpaired) electrons. The molecule has 0 aliphatic heterocycles. The molecule has 16 nitrogen and oxygen atoms in total. The van der Waals surface area contributed by atoms with Crippen molar-refractivity contribution in [2.75, 3.05) is 52.7 Å². The number of methoxy groups -OCH3 is 2. The lowest BCUT2D eigenvalue weighted by molar-refractivity contribution is -0.155.